The van der Waals surface area contributed by atoms with Crippen molar-refractivity contribution >= 4 is 50.2 Å². The topological polar surface area (TPSA) is 250 Å². The zero-order chi connectivity index (χ0) is 39.7. The van der Waals surface area contributed by atoms with Gasteiger partial charge in [-0.1, -0.05) is 11.2 Å². The number of carboxylic acids is 1. The zero-order valence-electron chi connectivity index (χ0n) is 30.8. The Morgan fingerprint density at radius 2 is 1.96 bits per heavy atom. The number of hydrogen-bond donors (Lipinski definition) is 5. The van der Waals surface area contributed by atoms with Crippen molar-refractivity contribution in [2.45, 2.75) is 83.1 Å². The average molecular weight is 801 g/mol. The van der Waals surface area contributed by atoms with Crippen LogP contribution in [0.3, 0.4) is 0 Å². The largest absolute Gasteiger partial charge is 0.485 e. The average Bonchev–Trinajstić information content (AvgIpc) is 3.55. The molecular weight excluding hydrogens is 755 g/mol. The number of Topliss-reactive ketones (excluding diaryl/α,β-unsaturated/α-hetero) is 1. The van der Waals surface area contributed by atoms with Crippen LogP contribution in [-0.4, -0.2) is 88.4 Å². The van der Waals surface area contributed by atoms with Crippen LogP contribution < -0.4 is 26.1 Å². The number of ether oxygens (including phenoxy) is 1. The van der Waals surface area contributed by atoms with E-state index < -0.39 is 63.4 Å². The summed E-state index contributed by atoms with van der Waals surface area (Å²) in [6, 6.07) is 10.1. The SMILES string of the molecule is CC1(C)[C@H](CC(=O)/C(=N\O[C@](C)(C(=O)O)[C@H]2CCc3cc(-c4ccc(CCCCN)[n+](CC5CNC5)c4)ccc3O2)c2csc(N)n2)C(=O)N1OS(=O)(=O)O. The minimum atomic E-state index is -5.00. The molecule has 17 nitrogen and oxygen atoms in total. The molecule has 2 saturated heterocycles. The number of ketones is 1. The number of aliphatic carboxylic acids is 1. The number of oxime groups is 1. The molecule has 3 atom stereocenters. The molecule has 5 heterocycles. The van der Waals surface area contributed by atoms with Crippen molar-refractivity contribution in [3.05, 3.63) is 58.9 Å². The number of thiazole rings is 1. The number of hydroxylamine groups is 2. The third kappa shape index (κ3) is 8.66. The van der Waals surface area contributed by atoms with Crippen molar-refractivity contribution in [1.29, 1.82) is 0 Å². The summed E-state index contributed by atoms with van der Waals surface area (Å²) in [5, 5.41) is 19.8. The van der Waals surface area contributed by atoms with Gasteiger partial charge in [0.05, 0.1) is 11.5 Å². The molecule has 7 N–H and O–H groups in total. The molecule has 0 radical (unpaired) electrons. The number of pyridine rings is 1. The van der Waals surface area contributed by atoms with Crippen molar-refractivity contribution < 1.29 is 50.9 Å². The summed E-state index contributed by atoms with van der Waals surface area (Å²) >= 11 is 1.01. The number of carboxylic acid groups (broad SMARTS) is 1. The van der Waals surface area contributed by atoms with Gasteiger partial charge < -0.3 is 31.5 Å². The first-order chi connectivity index (χ1) is 26.0. The van der Waals surface area contributed by atoms with Crippen LogP contribution in [0.5, 0.6) is 5.75 Å². The highest BCUT2D eigenvalue weighted by Gasteiger charge is 2.58. The van der Waals surface area contributed by atoms with Gasteiger partial charge in [0, 0.05) is 48.9 Å². The third-order valence-electron chi connectivity index (χ3n) is 10.5. The Morgan fingerprint density at radius 3 is 2.58 bits per heavy atom. The van der Waals surface area contributed by atoms with Gasteiger partial charge in [0.25, 0.3) is 11.5 Å². The molecule has 0 unspecified atom stereocenters. The van der Waals surface area contributed by atoms with Gasteiger partial charge in [0.2, 0.25) is 0 Å². The second-order valence-corrected chi connectivity index (χ2v) is 16.7. The van der Waals surface area contributed by atoms with E-state index in [9.17, 15) is 27.9 Å². The van der Waals surface area contributed by atoms with E-state index in [0.717, 1.165) is 66.9 Å². The lowest BCUT2D eigenvalue weighted by Gasteiger charge is -2.50. The van der Waals surface area contributed by atoms with E-state index in [4.69, 9.17) is 25.6 Å². The van der Waals surface area contributed by atoms with Crippen molar-refractivity contribution in [1.82, 2.24) is 15.4 Å². The second kappa shape index (κ2) is 15.9. The number of rotatable bonds is 17. The molecule has 55 heavy (non-hydrogen) atoms. The molecule has 1 aromatic carbocycles. The fraction of sp³-hybridized carbons (Fsp3) is 0.500. The fourth-order valence-electron chi connectivity index (χ4n) is 6.97. The molecule has 6 rings (SSSR count). The molecule has 2 aromatic heterocycles. The summed E-state index contributed by atoms with van der Waals surface area (Å²) in [6.45, 7) is 7.77. The normalized spacial score (nSPS) is 20.8. The van der Waals surface area contributed by atoms with Crippen LogP contribution in [0, 0.1) is 11.8 Å². The number of nitrogens with zero attached hydrogens (tertiary/aromatic N) is 4. The summed E-state index contributed by atoms with van der Waals surface area (Å²) in [4.78, 5) is 49.1. The van der Waals surface area contributed by atoms with Crippen molar-refractivity contribution in [2.24, 2.45) is 22.7 Å². The molecule has 2 fully saturated rings. The van der Waals surface area contributed by atoms with E-state index >= 15 is 0 Å². The predicted octanol–water partition coefficient (Wildman–Crippen LogP) is 2.07. The highest BCUT2D eigenvalue weighted by atomic mass is 32.3. The van der Waals surface area contributed by atoms with Gasteiger partial charge in [0.1, 0.15) is 11.4 Å². The Hall–Kier alpha value is -4.53. The zero-order valence-corrected chi connectivity index (χ0v) is 32.4. The quantitative estimate of drug-likeness (QED) is 0.0328. The number of aromatic nitrogens is 2. The lowest BCUT2D eigenvalue weighted by molar-refractivity contribution is -0.710. The van der Waals surface area contributed by atoms with Gasteiger partial charge in [-0.2, -0.15) is 13.5 Å². The molecule has 0 spiro atoms. The molecule has 296 valence electrons. The molecule has 0 aliphatic carbocycles. The number of unbranched alkanes of at least 4 members (excludes halogenated alkanes) is 1. The van der Waals surface area contributed by atoms with E-state index in [1.807, 2.05) is 12.1 Å². The number of carbonyl (C=O) groups excluding carboxylic acids is 2. The number of carbonyl (C=O) groups is 3. The highest BCUT2D eigenvalue weighted by Crippen LogP contribution is 2.41. The van der Waals surface area contributed by atoms with E-state index in [0.29, 0.717) is 29.7 Å². The standard InChI is InChI=1S/C36H45N7O10S2/c1-35(2)26(32(45)43(35)53-55(48,49)50)15-28(44)31(27-20-54-34(38)40-27)41-52-36(3,33(46)47)30-12-9-23-14-22(8-11-29(23)51-30)24-7-10-25(6-4-5-13-37)42(19-24)18-21-16-39-17-21/h7-8,10-11,14,19-21,26,30,39H,4-6,9,12-13,15-18,37H2,1-3H3,(H3-,38,40,46,47,48,49,50)/p+1/b41-31-/t26-,30-,36+/m1/s1. The molecule has 19 heteroatoms. The van der Waals surface area contributed by atoms with Crippen molar-refractivity contribution in [2.75, 3.05) is 25.4 Å². The van der Waals surface area contributed by atoms with Crippen LogP contribution in [0.4, 0.5) is 5.13 Å². The van der Waals surface area contributed by atoms with Gasteiger partial charge in [-0.15, -0.1) is 15.6 Å². The van der Waals surface area contributed by atoms with Crippen LogP contribution in [-0.2, 0) is 53.3 Å². The number of nitrogens with one attached hydrogen (secondary N) is 1. The first kappa shape index (κ1) is 40.1. The summed E-state index contributed by atoms with van der Waals surface area (Å²) in [5.74, 6) is -3.03. The Morgan fingerprint density at radius 1 is 1.22 bits per heavy atom. The maximum absolute atomic E-state index is 13.7. The Balaban J connectivity index is 1.20. The Labute approximate surface area is 322 Å². The molecule has 0 bridgehead atoms. The number of nitrogens with two attached hydrogens (primary N) is 2. The number of fused-ring (bicyclic) bond motifs is 1. The van der Waals surface area contributed by atoms with E-state index in [1.165, 1.54) is 31.8 Å². The molecule has 0 saturated carbocycles. The van der Waals surface area contributed by atoms with E-state index in [2.05, 4.69) is 48.7 Å². The van der Waals surface area contributed by atoms with Crippen LogP contribution in [0.25, 0.3) is 11.1 Å². The molecule has 3 aromatic rings. The Bertz CT molecular complexity index is 2100. The first-order valence-corrected chi connectivity index (χ1v) is 20.2. The number of hydrogen-bond acceptors (Lipinski definition) is 14. The molecule has 1 amide bonds. The van der Waals surface area contributed by atoms with Crippen LogP contribution in [0.2, 0.25) is 0 Å². The van der Waals surface area contributed by atoms with Crippen molar-refractivity contribution in [3.8, 4) is 16.9 Å². The smallest absolute Gasteiger partial charge is 0.418 e. The minimum Gasteiger partial charge on any atom is -0.485 e. The third-order valence-corrected chi connectivity index (χ3v) is 11.5. The number of benzene rings is 1. The monoisotopic (exact) mass is 800 g/mol. The molecule has 3 aliphatic heterocycles. The predicted molar refractivity (Wildman–Crippen MR) is 200 cm³/mol. The number of anilines is 1. The van der Waals surface area contributed by atoms with Gasteiger partial charge in [-0.05, 0) is 82.3 Å². The van der Waals surface area contributed by atoms with Crippen LogP contribution in [0.15, 0.2) is 47.1 Å². The van der Waals surface area contributed by atoms with E-state index in [-0.39, 0.29) is 17.2 Å². The van der Waals surface area contributed by atoms with Gasteiger partial charge in [0.15, 0.2) is 41.2 Å². The number of aryl methyl sites for hydroxylation is 2. The summed E-state index contributed by atoms with van der Waals surface area (Å²) in [7, 11) is -5.00. The van der Waals surface area contributed by atoms with Crippen LogP contribution >= 0.6 is 11.3 Å². The first-order valence-electron chi connectivity index (χ1n) is 18.0. The lowest BCUT2D eigenvalue weighted by Crippen LogP contribution is -2.68. The van der Waals surface area contributed by atoms with Gasteiger partial charge in [-0.3, -0.25) is 14.1 Å². The summed E-state index contributed by atoms with van der Waals surface area (Å²) in [6.07, 6.45) is 4.35. The minimum absolute atomic E-state index is 0.00689. The highest BCUT2D eigenvalue weighted by molar-refractivity contribution is 7.80. The number of amides is 1. The summed E-state index contributed by atoms with van der Waals surface area (Å²) < 4.78 is 44.5. The number of β-lactam (4-membered cyclic amide) rings is 1. The fourth-order valence-corrected chi connectivity index (χ4v) is 7.97. The summed E-state index contributed by atoms with van der Waals surface area (Å²) in [5.41, 5.74) is 12.0. The van der Waals surface area contributed by atoms with Gasteiger partial charge in [-0.25, -0.2) is 14.3 Å². The lowest BCUT2D eigenvalue weighted by atomic mass is 9.74. The molecule has 3 aliphatic rings. The van der Waals surface area contributed by atoms with Gasteiger partial charge >= 0.3 is 16.4 Å². The molecular formula is C36H46N7O10S2+. The van der Waals surface area contributed by atoms with E-state index in [1.54, 1.807) is 0 Å². The maximum Gasteiger partial charge on any atom is 0.418 e. The Kier molecular flexibility index (Phi) is 11.6. The number of nitrogen functional groups attached to an aromatic ring is 1. The van der Waals surface area contributed by atoms with Crippen LogP contribution in [0.1, 0.15) is 63.4 Å². The maximum atomic E-state index is 13.7. The van der Waals surface area contributed by atoms with Crippen molar-refractivity contribution in [3.63, 3.8) is 0 Å². The second-order valence-electron chi connectivity index (χ2n) is 14.8.